The summed E-state index contributed by atoms with van der Waals surface area (Å²) in [7, 11) is 3.66. The van der Waals surface area contributed by atoms with Crippen LogP contribution in [0.15, 0.2) is 28.8 Å². The minimum atomic E-state index is -0.302. The molecular weight excluding hydrogens is 168 g/mol. The zero-order valence-electron chi connectivity index (χ0n) is 7.52. The van der Waals surface area contributed by atoms with Crippen LogP contribution in [0.4, 0.5) is 6.01 Å². The predicted octanol–water partition coefficient (Wildman–Crippen LogP) is 0.158. The normalized spacial score (nSPS) is 10.6. The van der Waals surface area contributed by atoms with E-state index in [0.717, 1.165) is 0 Å². The Morgan fingerprint density at radius 2 is 2.15 bits per heavy atom. The van der Waals surface area contributed by atoms with Gasteiger partial charge in [-0.25, -0.2) is 0 Å². The first-order chi connectivity index (χ1) is 6.20. The Labute approximate surface area is 75.6 Å². The van der Waals surface area contributed by atoms with Gasteiger partial charge in [0.05, 0.1) is 20.3 Å². The molecule has 0 bridgehead atoms. The molecule has 2 rings (SSSR count). The summed E-state index contributed by atoms with van der Waals surface area (Å²) in [6.45, 7) is 0. The molecule has 0 aliphatic heterocycles. The van der Waals surface area contributed by atoms with Gasteiger partial charge in [-0.3, -0.25) is 4.90 Å². The van der Waals surface area contributed by atoms with Gasteiger partial charge >= 0.3 is 6.01 Å². The van der Waals surface area contributed by atoms with Gasteiger partial charge in [0.25, 0.3) is 0 Å². The van der Waals surface area contributed by atoms with Gasteiger partial charge in [-0.05, 0) is 12.1 Å². The number of oxazole rings is 1. The fourth-order valence-corrected chi connectivity index (χ4v) is 1.27. The average Bonchev–Trinajstić information content (AvgIpc) is 2.45. The number of pyridine rings is 1. The van der Waals surface area contributed by atoms with Crippen LogP contribution in [0.3, 0.4) is 0 Å². The summed E-state index contributed by atoms with van der Waals surface area (Å²) in [6.07, 6.45) is 1.80. The molecule has 0 amide bonds. The number of hydrogen-bond donors (Lipinski definition) is 0. The van der Waals surface area contributed by atoms with Crippen LogP contribution >= 0.6 is 0 Å². The third kappa shape index (κ3) is 1.11. The van der Waals surface area contributed by atoms with Crippen molar-refractivity contribution in [2.24, 2.45) is 0 Å². The van der Waals surface area contributed by atoms with Crippen LogP contribution in [0.5, 0.6) is 5.95 Å². The van der Waals surface area contributed by atoms with Crippen LogP contribution in [0, 0.1) is 0 Å². The molecule has 2 aromatic rings. The molecule has 0 radical (unpaired) electrons. The molecule has 0 spiro atoms. The van der Waals surface area contributed by atoms with E-state index < -0.39 is 0 Å². The summed E-state index contributed by atoms with van der Waals surface area (Å²) in [5.74, 6) is -0.302. The summed E-state index contributed by atoms with van der Waals surface area (Å²) < 4.78 is 6.78. The molecule has 2 aromatic heterocycles. The highest BCUT2D eigenvalue weighted by molar-refractivity contribution is 5.48. The molecule has 0 atom stereocenters. The lowest BCUT2D eigenvalue weighted by atomic mass is 10.4. The lowest BCUT2D eigenvalue weighted by Gasteiger charge is -2.02. The first-order valence-electron chi connectivity index (χ1n) is 3.97. The summed E-state index contributed by atoms with van der Waals surface area (Å²) >= 11 is 0. The second-order valence-electron chi connectivity index (χ2n) is 3.02. The fourth-order valence-electron chi connectivity index (χ4n) is 1.27. The topological polar surface area (TPSA) is 43.5 Å². The smallest absolute Gasteiger partial charge is 0.345 e. The van der Waals surface area contributed by atoms with E-state index in [0.29, 0.717) is 11.5 Å². The van der Waals surface area contributed by atoms with Gasteiger partial charge in [0.15, 0.2) is 5.52 Å². The van der Waals surface area contributed by atoms with E-state index in [1.165, 1.54) is 0 Å². The third-order valence-electron chi connectivity index (χ3n) is 1.84. The Morgan fingerprint density at radius 3 is 2.85 bits per heavy atom. The van der Waals surface area contributed by atoms with Gasteiger partial charge in [0.2, 0.25) is 0 Å². The molecule has 0 fully saturated rings. The Morgan fingerprint density at radius 1 is 1.38 bits per heavy atom. The number of rotatable bonds is 1. The van der Waals surface area contributed by atoms with Gasteiger partial charge in [-0.2, -0.15) is 4.40 Å². The van der Waals surface area contributed by atoms with E-state index in [1.54, 1.807) is 21.6 Å². The first kappa shape index (κ1) is 7.91. The lowest BCUT2D eigenvalue weighted by molar-refractivity contribution is -0.503. The average molecular weight is 178 g/mol. The summed E-state index contributed by atoms with van der Waals surface area (Å²) in [5.41, 5.74) is 0.561. The predicted molar refractivity (Wildman–Crippen MR) is 45.6 cm³/mol. The maximum atomic E-state index is 11.3. The number of hydrogen-bond acceptors (Lipinski definition) is 3. The van der Waals surface area contributed by atoms with Crippen molar-refractivity contribution in [1.82, 2.24) is 0 Å². The number of fused-ring (bicyclic) bond motifs is 1. The molecule has 2 heterocycles. The highest BCUT2D eigenvalue weighted by Crippen LogP contribution is 2.18. The molecule has 68 valence electrons. The molecule has 0 N–H and O–H groups in total. The van der Waals surface area contributed by atoms with Crippen molar-refractivity contribution >= 4 is 11.5 Å². The van der Waals surface area contributed by atoms with Crippen molar-refractivity contribution in [3.05, 3.63) is 24.4 Å². The molecule has 4 heteroatoms. The zero-order valence-corrected chi connectivity index (χ0v) is 7.52. The van der Waals surface area contributed by atoms with Gasteiger partial charge in [-0.15, -0.1) is 0 Å². The van der Waals surface area contributed by atoms with Crippen LogP contribution in [0.25, 0.3) is 5.52 Å². The second-order valence-corrected chi connectivity index (χ2v) is 3.02. The summed E-state index contributed by atoms with van der Waals surface area (Å²) in [4.78, 5) is 1.76. The van der Waals surface area contributed by atoms with Gasteiger partial charge in [0, 0.05) is 0 Å². The largest absolute Gasteiger partial charge is 0.541 e. The lowest BCUT2D eigenvalue weighted by Crippen LogP contribution is -2.27. The molecule has 0 saturated heterocycles. The molecule has 0 saturated carbocycles. The van der Waals surface area contributed by atoms with E-state index in [9.17, 15) is 5.11 Å². The van der Waals surface area contributed by atoms with Crippen molar-refractivity contribution in [3.8, 4) is 5.95 Å². The number of aromatic nitrogens is 1. The van der Waals surface area contributed by atoms with Gasteiger partial charge < -0.3 is 9.52 Å². The number of anilines is 1. The van der Waals surface area contributed by atoms with E-state index in [4.69, 9.17) is 4.42 Å². The monoisotopic (exact) mass is 178 g/mol. The van der Waals surface area contributed by atoms with E-state index in [1.807, 2.05) is 26.2 Å². The van der Waals surface area contributed by atoms with Crippen LogP contribution in [-0.2, 0) is 0 Å². The zero-order chi connectivity index (χ0) is 9.42. The van der Waals surface area contributed by atoms with Gasteiger partial charge in [0.1, 0.15) is 5.95 Å². The Balaban J connectivity index is 2.78. The quantitative estimate of drug-likeness (QED) is 0.584. The highest BCUT2D eigenvalue weighted by atomic mass is 16.5. The highest BCUT2D eigenvalue weighted by Gasteiger charge is 2.11. The van der Waals surface area contributed by atoms with Crippen molar-refractivity contribution in [2.75, 3.05) is 19.0 Å². The van der Waals surface area contributed by atoms with Crippen molar-refractivity contribution in [2.45, 2.75) is 0 Å². The SMILES string of the molecule is CN(C)c1oc([O-])c2cccc[n+]12. The maximum Gasteiger partial charge on any atom is 0.345 e. The third-order valence-corrected chi connectivity index (χ3v) is 1.84. The Bertz CT molecular complexity index is 434. The summed E-state index contributed by atoms with van der Waals surface area (Å²) in [6, 6.07) is 5.94. The maximum absolute atomic E-state index is 11.3. The molecule has 0 aromatic carbocycles. The van der Waals surface area contributed by atoms with Crippen molar-refractivity contribution < 1.29 is 13.9 Å². The molecule has 0 aliphatic rings. The minimum Gasteiger partial charge on any atom is -0.541 e. The second kappa shape index (κ2) is 2.65. The van der Waals surface area contributed by atoms with Crippen molar-refractivity contribution in [1.29, 1.82) is 0 Å². The minimum absolute atomic E-state index is 0.302. The van der Waals surface area contributed by atoms with Gasteiger partial charge in [-0.1, -0.05) is 6.07 Å². The first-order valence-corrected chi connectivity index (χ1v) is 3.97. The Kier molecular flexibility index (Phi) is 1.62. The molecule has 4 nitrogen and oxygen atoms in total. The number of nitrogens with zero attached hydrogens (tertiary/aromatic N) is 2. The Hall–Kier alpha value is -1.71. The fraction of sp³-hybridized carbons (Fsp3) is 0.222. The summed E-state index contributed by atoms with van der Waals surface area (Å²) in [5, 5.41) is 11.3. The van der Waals surface area contributed by atoms with Crippen LogP contribution < -0.4 is 14.4 Å². The standard InChI is InChI=1S/C9H10N2O2/c1-10(2)9-11-6-4-3-5-7(11)8(12)13-9/h3-6H,1-2H3. The molecule has 0 unspecified atom stereocenters. The van der Waals surface area contributed by atoms with E-state index in [-0.39, 0.29) is 5.95 Å². The molecule has 0 aliphatic carbocycles. The van der Waals surface area contributed by atoms with Crippen molar-refractivity contribution in [3.63, 3.8) is 0 Å². The molecule has 13 heavy (non-hydrogen) atoms. The molecular formula is C9H10N2O2. The van der Waals surface area contributed by atoms with Crippen LogP contribution in [0.1, 0.15) is 0 Å². The van der Waals surface area contributed by atoms with E-state index >= 15 is 0 Å². The van der Waals surface area contributed by atoms with Crippen LogP contribution in [0.2, 0.25) is 0 Å². The van der Waals surface area contributed by atoms with Crippen LogP contribution in [-0.4, -0.2) is 14.1 Å². The van der Waals surface area contributed by atoms with E-state index in [2.05, 4.69) is 0 Å².